The molecular weight excluding hydrogens is 356 g/mol. The van der Waals surface area contributed by atoms with Gasteiger partial charge in [-0.3, -0.25) is 4.79 Å². The third kappa shape index (κ3) is 4.19. The van der Waals surface area contributed by atoms with Gasteiger partial charge < -0.3 is 10.1 Å². The van der Waals surface area contributed by atoms with Crippen molar-refractivity contribution in [2.45, 2.75) is 6.54 Å². The first-order chi connectivity index (χ1) is 10.5. The number of hydrogen-bond acceptors (Lipinski definition) is 6. The van der Waals surface area contributed by atoms with Crippen LogP contribution in [0.15, 0.2) is 40.2 Å². The van der Waals surface area contributed by atoms with E-state index in [-0.39, 0.29) is 12.5 Å². The maximum atomic E-state index is 11.9. The lowest BCUT2D eigenvalue weighted by Gasteiger charge is -2.09. The van der Waals surface area contributed by atoms with Crippen LogP contribution in [0.3, 0.4) is 0 Å². The largest absolute Gasteiger partial charge is 0.490 e. The SMILES string of the molecule is CN(/N=C/c1ccc(Br)cc1)C(=O)Cn1cnc([N+](=O)[O-])n1. The predicted molar refractivity (Wildman–Crippen MR) is 81.2 cm³/mol. The Labute approximate surface area is 133 Å². The molecule has 0 aliphatic heterocycles. The first-order valence-electron chi connectivity index (χ1n) is 6.05. The Kier molecular flexibility index (Phi) is 4.94. The Morgan fingerprint density at radius 1 is 1.50 bits per heavy atom. The standard InChI is InChI=1S/C12H11BrN6O3/c1-17(15-6-9-2-4-10(13)5-3-9)11(20)7-18-8-14-12(16-18)19(21)22/h2-6,8H,7H2,1H3/b15-6+. The topological polar surface area (TPSA) is 107 Å². The van der Waals surface area contributed by atoms with Gasteiger partial charge in [-0.15, -0.1) is 0 Å². The third-order valence-electron chi connectivity index (χ3n) is 2.60. The van der Waals surface area contributed by atoms with Gasteiger partial charge in [0.2, 0.25) is 6.33 Å². The summed E-state index contributed by atoms with van der Waals surface area (Å²) in [6.45, 7) is -0.185. The van der Waals surface area contributed by atoms with Crippen molar-refractivity contribution >= 4 is 34.0 Å². The van der Waals surface area contributed by atoms with Crippen LogP contribution in [-0.2, 0) is 11.3 Å². The van der Waals surface area contributed by atoms with E-state index in [2.05, 4.69) is 31.1 Å². The van der Waals surface area contributed by atoms with Crippen molar-refractivity contribution in [1.82, 2.24) is 19.8 Å². The molecule has 0 bridgehead atoms. The van der Waals surface area contributed by atoms with Crippen LogP contribution in [0.4, 0.5) is 5.95 Å². The lowest BCUT2D eigenvalue weighted by molar-refractivity contribution is -0.394. The van der Waals surface area contributed by atoms with Crippen LogP contribution in [0, 0.1) is 10.1 Å². The second-order valence-electron chi connectivity index (χ2n) is 4.21. The van der Waals surface area contributed by atoms with Gasteiger partial charge in [-0.05, 0) is 22.6 Å². The number of halogens is 1. The molecular formula is C12H11BrN6O3. The second-order valence-corrected chi connectivity index (χ2v) is 5.13. The Bertz CT molecular complexity index is 712. The number of nitro groups is 1. The van der Waals surface area contributed by atoms with E-state index in [1.165, 1.54) is 13.3 Å². The van der Waals surface area contributed by atoms with Crippen LogP contribution in [0.2, 0.25) is 0 Å². The number of carbonyl (C=O) groups excluding carboxylic acids is 1. The second kappa shape index (κ2) is 6.89. The number of likely N-dealkylation sites (N-methyl/N-ethyl adjacent to an activating group) is 1. The maximum Gasteiger partial charge on any atom is 0.490 e. The number of benzene rings is 1. The molecule has 0 unspecified atom stereocenters. The zero-order valence-electron chi connectivity index (χ0n) is 11.5. The molecule has 0 saturated heterocycles. The van der Waals surface area contributed by atoms with Crippen molar-refractivity contribution < 1.29 is 9.72 Å². The molecule has 0 radical (unpaired) electrons. The van der Waals surface area contributed by atoms with Crippen LogP contribution >= 0.6 is 15.9 Å². The molecule has 0 N–H and O–H groups in total. The Morgan fingerprint density at radius 3 is 2.77 bits per heavy atom. The molecule has 0 aliphatic rings. The van der Waals surface area contributed by atoms with Crippen molar-refractivity contribution in [3.63, 3.8) is 0 Å². The minimum atomic E-state index is -0.726. The summed E-state index contributed by atoms with van der Waals surface area (Å²) in [5, 5.41) is 19.2. The summed E-state index contributed by atoms with van der Waals surface area (Å²) >= 11 is 3.33. The zero-order chi connectivity index (χ0) is 16.1. The fourth-order valence-electron chi connectivity index (χ4n) is 1.45. The molecule has 0 aliphatic carbocycles. The van der Waals surface area contributed by atoms with Gasteiger partial charge in [-0.2, -0.15) is 9.78 Å². The van der Waals surface area contributed by atoms with E-state index in [1.54, 1.807) is 0 Å². The maximum absolute atomic E-state index is 11.9. The number of hydrogen-bond donors (Lipinski definition) is 0. The van der Waals surface area contributed by atoms with Crippen LogP contribution in [0.25, 0.3) is 0 Å². The highest BCUT2D eigenvalue weighted by Crippen LogP contribution is 2.09. The summed E-state index contributed by atoms with van der Waals surface area (Å²) < 4.78 is 2.04. The molecule has 114 valence electrons. The van der Waals surface area contributed by atoms with E-state index < -0.39 is 10.9 Å². The molecule has 0 atom stereocenters. The monoisotopic (exact) mass is 366 g/mol. The lowest BCUT2D eigenvalue weighted by atomic mass is 10.2. The quantitative estimate of drug-likeness (QED) is 0.452. The van der Waals surface area contributed by atoms with Crippen molar-refractivity contribution in [3.8, 4) is 0 Å². The summed E-state index contributed by atoms with van der Waals surface area (Å²) in [5.41, 5.74) is 0.833. The van der Waals surface area contributed by atoms with Gasteiger partial charge in [0.1, 0.15) is 6.54 Å². The van der Waals surface area contributed by atoms with E-state index in [9.17, 15) is 14.9 Å². The van der Waals surface area contributed by atoms with E-state index in [4.69, 9.17) is 0 Å². The molecule has 1 amide bonds. The minimum absolute atomic E-state index is 0.185. The van der Waals surface area contributed by atoms with Crippen molar-refractivity contribution in [1.29, 1.82) is 0 Å². The highest BCUT2D eigenvalue weighted by molar-refractivity contribution is 9.10. The minimum Gasteiger partial charge on any atom is -0.390 e. The van der Waals surface area contributed by atoms with E-state index in [0.29, 0.717) is 0 Å². The van der Waals surface area contributed by atoms with Crippen LogP contribution in [0.5, 0.6) is 0 Å². The number of rotatable bonds is 5. The van der Waals surface area contributed by atoms with Gasteiger partial charge in [-0.1, -0.05) is 33.0 Å². The smallest absolute Gasteiger partial charge is 0.390 e. The molecule has 0 saturated carbocycles. The number of amides is 1. The fraction of sp³-hybridized carbons (Fsp3) is 0.167. The fourth-order valence-corrected chi connectivity index (χ4v) is 1.72. The average Bonchev–Trinajstić information content (AvgIpc) is 2.95. The van der Waals surface area contributed by atoms with Crippen LogP contribution in [0.1, 0.15) is 5.56 Å². The Hall–Kier alpha value is -2.62. The third-order valence-corrected chi connectivity index (χ3v) is 3.12. The Balaban J connectivity index is 1.96. The van der Waals surface area contributed by atoms with Crippen molar-refractivity contribution in [3.05, 3.63) is 50.7 Å². The lowest BCUT2D eigenvalue weighted by Crippen LogP contribution is -2.26. The Morgan fingerprint density at radius 2 is 2.18 bits per heavy atom. The van der Waals surface area contributed by atoms with Gasteiger partial charge in [0, 0.05) is 16.6 Å². The van der Waals surface area contributed by atoms with E-state index >= 15 is 0 Å². The highest BCUT2D eigenvalue weighted by atomic mass is 79.9. The molecule has 1 aromatic carbocycles. The molecule has 9 nitrogen and oxygen atoms in total. The van der Waals surface area contributed by atoms with Crippen molar-refractivity contribution in [2.24, 2.45) is 5.10 Å². The van der Waals surface area contributed by atoms with Gasteiger partial charge in [0.25, 0.3) is 5.91 Å². The molecule has 22 heavy (non-hydrogen) atoms. The highest BCUT2D eigenvalue weighted by Gasteiger charge is 2.16. The molecule has 1 heterocycles. The van der Waals surface area contributed by atoms with Gasteiger partial charge in [0.15, 0.2) is 0 Å². The first-order valence-corrected chi connectivity index (χ1v) is 6.85. The number of carbonyl (C=O) groups is 1. The summed E-state index contributed by atoms with van der Waals surface area (Å²) in [7, 11) is 1.49. The van der Waals surface area contributed by atoms with Crippen LogP contribution in [-0.4, -0.2) is 43.9 Å². The molecule has 1 aromatic heterocycles. The summed E-state index contributed by atoms with van der Waals surface area (Å²) in [4.78, 5) is 25.1. The summed E-state index contributed by atoms with van der Waals surface area (Å²) in [6, 6.07) is 7.40. The zero-order valence-corrected chi connectivity index (χ0v) is 13.0. The van der Waals surface area contributed by atoms with E-state index in [0.717, 1.165) is 26.1 Å². The summed E-state index contributed by atoms with van der Waals surface area (Å²) in [5.74, 6) is -0.929. The molecule has 2 rings (SSSR count). The van der Waals surface area contributed by atoms with Crippen molar-refractivity contribution in [2.75, 3.05) is 7.05 Å². The molecule has 0 fully saturated rings. The summed E-state index contributed by atoms with van der Waals surface area (Å²) in [6.07, 6.45) is 2.66. The number of hydrazone groups is 1. The van der Waals surface area contributed by atoms with E-state index in [1.807, 2.05) is 24.3 Å². The van der Waals surface area contributed by atoms with Gasteiger partial charge in [0.05, 0.1) is 6.21 Å². The number of nitrogens with zero attached hydrogens (tertiary/aromatic N) is 6. The normalized spacial score (nSPS) is 10.8. The van der Waals surface area contributed by atoms with Gasteiger partial charge in [-0.25, -0.2) is 5.01 Å². The predicted octanol–water partition coefficient (Wildman–Crippen LogP) is 1.44. The molecule has 2 aromatic rings. The molecule has 10 heteroatoms. The first kappa shape index (κ1) is 15.8. The molecule has 0 spiro atoms. The number of aromatic nitrogens is 3. The van der Waals surface area contributed by atoms with Crippen LogP contribution < -0.4 is 0 Å². The van der Waals surface area contributed by atoms with Gasteiger partial charge >= 0.3 is 5.95 Å². The average molecular weight is 367 g/mol.